The van der Waals surface area contributed by atoms with E-state index in [0.717, 1.165) is 17.0 Å². The van der Waals surface area contributed by atoms with E-state index in [4.69, 9.17) is 4.74 Å². The summed E-state index contributed by atoms with van der Waals surface area (Å²) in [6.45, 7) is 3.01. The summed E-state index contributed by atoms with van der Waals surface area (Å²) in [5, 5.41) is 0. The Morgan fingerprint density at radius 1 is 0.921 bits per heavy atom. The summed E-state index contributed by atoms with van der Waals surface area (Å²) in [6, 6.07) is 3.63. The Bertz CT molecular complexity index is 977. The van der Waals surface area contributed by atoms with Crippen LogP contribution in [0.5, 0.6) is 0 Å². The van der Waals surface area contributed by atoms with Crippen LogP contribution in [0.2, 0.25) is 0 Å². The summed E-state index contributed by atoms with van der Waals surface area (Å²) in [6.07, 6.45) is -20.9. The quantitative estimate of drug-likeness (QED) is 0.479. The zero-order valence-electron chi connectivity index (χ0n) is 20.1. The number of carbonyl (C=O) groups is 1. The van der Waals surface area contributed by atoms with Gasteiger partial charge in [0, 0.05) is 43.8 Å². The predicted octanol–water partition coefficient (Wildman–Crippen LogP) is 5.07. The number of amides is 1. The molecule has 0 aliphatic carbocycles. The second-order valence-electron chi connectivity index (χ2n) is 9.92. The Hall–Kier alpha value is -2.42. The normalized spacial score (nSPS) is 21.1. The van der Waals surface area contributed by atoms with Crippen LogP contribution in [0.25, 0.3) is 0 Å². The number of alkyl halides is 9. The number of anilines is 1. The van der Waals surface area contributed by atoms with E-state index in [1.807, 2.05) is 9.80 Å². The van der Waals surface area contributed by atoms with Gasteiger partial charge in [0.15, 0.2) is 0 Å². The Balaban J connectivity index is 1.34. The third kappa shape index (κ3) is 6.41. The van der Waals surface area contributed by atoms with Crippen LogP contribution in [0.1, 0.15) is 24.0 Å². The van der Waals surface area contributed by atoms with Crippen LogP contribution >= 0.6 is 0 Å². The largest absolute Gasteiger partial charge is 0.434 e. The molecule has 3 fully saturated rings. The Kier molecular flexibility index (Phi) is 7.73. The van der Waals surface area contributed by atoms with E-state index in [2.05, 4.69) is 4.74 Å². The van der Waals surface area contributed by atoms with Crippen LogP contribution in [0.3, 0.4) is 0 Å². The number of halogens is 9. The SMILES string of the molecule is O=C(OC(C(F)(F)F)C(F)(F)F)N1CC2(CCN(Cc3ccc(C(F)(F)F)cc3N3CCOCC3)CC2)C1. The van der Waals surface area contributed by atoms with Crippen molar-refractivity contribution in [3.63, 3.8) is 0 Å². The number of nitrogens with zero attached hydrogens (tertiary/aromatic N) is 3. The van der Waals surface area contributed by atoms with Gasteiger partial charge < -0.3 is 19.3 Å². The fraction of sp³-hybridized carbons (Fsp3) is 0.696. The average molecular weight is 563 g/mol. The van der Waals surface area contributed by atoms with Gasteiger partial charge in [0.25, 0.3) is 6.10 Å². The molecule has 3 aliphatic rings. The number of morpholine rings is 1. The monoisotopic (exact) mass is 563 g/mol. The van der Waals surface area contributed by atoms with Crippen LogP contribution in [-0.2, 0) is 22.2 Å². The van der Waals surface area contributed by atoms with E-state index in [1.165, 1.54) is 6.07 Å². The van der Waals surface area contributed by atoms with E-state index < -0.39 is 41.7 Å². The minimum Gasteiger partial charge on any atom is -0.426 e. The molecule has 0 N–H and O–H groups in total. The summed E-state index contributed by atoms with van der Waals surface area (Å²) in [4.78, 5) is 16.7. The second-order valence-corrected chi connectivity index (χ2v) is 9.92. The lowest BCUT2D eigenvalue weighted by atomic mass is 9.72. The van der Waals surface area contributed by atoms with Crippen LogP contribution in [-0.4, -0.2) is 86.8 Å². The zero-order chi connectivity index (χ0) is 27.9. The summed E-state index contributed by atoms with van der Waals surface area (Å²) < 4.78 is 125. The number of ether oxygens (including phenoxy) is 2. The molecule has 0 atom stereocenters. The van der Waals surface area contributed by atoms with Gasteiger partial charge in [0.2, 0.25) is 0 Å². The first-order valence-corrected chi connectivity index (χ1v) is 11.9. The summed E-state index contributed by atoms with van der Waals surface area (Å²) in [5.74, 6) is 0. The van der Waals surface area contributed by atoms with Gasteiger partial charge in [-0.05, 0) is 43.6 Å². The molecule has 0 saturated carbocycles. The highest BCUT2D eigenvalue weighted by molar-refractivity contribution is 5.69. The van der Waals surface area contributed by atoms with Crippen molar-refractivity contribution < 1.29 is 53.8 Å². The first kappa shape index (κ1) is 28.6. The molecular formula is C23H26F9N3O3. The van der Waals surface area contributed by atoms with Gasteiger partial charge in [0.05, 0.1) is 18.8 Å². The van der Waals surface area contributed by atoms with Gasteiger partial charge >= 0.3 is 24.6 Å². The van der Waals surface area contributed by atoms with Crippen molar-refractivity contribution in [2.75, 3.05) is 57.4 Å². The Morgan fingerprint density at radius 2 is 1.50 bits per heavy atom. The molecule has 6 nitrogen and oxygen atoms in total. The molecule has 0 unspecified atom stereocenters. The standard InChI is InChI=1S/C23H26F9N3O3/c24-21(25,26)16-2-1-15(17(11-16)34-7-9-37-10-8-34)12-33-5-3-20(4-6-33)13-35(14-20)19(36)38-18(22(27,28)29)23(30,31)32/h1-2,11,18H,3-10,12-14H2. The predicted molar refractivity (Wildman–Crippen MR) is 115 cm³/mol. The number of piperidine rings is 1. The molecule has 15 heteroatoms. The van der Waals surface area contributed by atoms with Crippen molar-refractivity contribution in [1.29, 1.82) is 0 Å². The first-order chi connectivity index (χ1) is 17.6. The van der Waals surface area contributed by atoms with Crippen LogP contribution < -0.4 is 4.90 Å². The van der Waals surface area contributed by atoms with Crippen molar-refractivity contribution in [2.24, 2.45) is 5.41 Å². The number of rotatable bonds is 4. The van der Waals surface area contributed by atoms with Crippen molar-refractivity contribution in [3.05, 3.63) is 29.3 Å². The van der Waals surface area contributed by atoms with Crippen molar-refractivity contribution in [2.45, 2.75) is 44.0 Å². The smallest absolute Gasteiger partial charge is 0.426 e. The minimum atomic E-state index is -5.78. The minimum absolute atomic E-state index is 0.0264. The molecule has 0 radical (unpaired) electrons. The van der Waals surface area contributed by atoms with E-state index in [-0.39, 0.29) is 13.1 Å². The Morgan fingerprint density at radius 3 is 2.03 bits per heavy atom. The highest BCUT2D eigenvalue weighted by Crippen LogP contribution is 2.43. The molecule has 1 aromatic carbocycles. The van der Waals surface area contributed by atoms with E-state index in [9.17, 15) is 44.3 Å². The van der Waals surface area contributed by atoms with Gasteiger partial charge in [-0.15, -0.1) is 0 Å². The van der Waals surface area contributed by atoms with Crippen molar-refractivity contribution in [3.8, 4) is 0 Å². The fourth-order valence-electron chi connectivity index (χ4n) is 5.10. The maximum absolute atomic E-state index is 13.3. The lowest BCUT2D eigenvalue weighted by molar-refractivity contribution is -0.309. The molecule has 3 heterocycles. The summed E-state index contributed by atoms with van der Waals surface area (Å²) >= 11 is 0. The van der Waals surface area contributed by atoms with E-state index in [0.29, 0.717) is 70.0 Å². The van der Waals surface area contributed by atoms with Gasteiger partial charge in [-0.2, -0.15) is 39.5 Å². The van der Waals surface area contributed by atoms with Gasteiger partial charge in [-0.25, -0.2) is 4.79 Å². The number of hydrogen-bond donors (Lipinski definition) is 0. The van der Waals surface area contributed by atoms with Gasteiger partial charge in [-0.3, -0.25) is 4.90 Å². The van der Waals surface area contributed by atoms with E-state index in [1.54, 1.807) is 0 Å². The summed E-state index contributed by atoms with van der Waals surface area (Å²) in [7, 11) is 0. The average Bonchev–Trinajstić information content (AvgIpc) is 2.80. The maximum atomic E-state index is 13.3. The number of hydrogen-bond acceptors (Lipinski definition) is 5. The molecule has 4 rings (SSSR count). The lowest BCUT2D eigenvalue weighted by Gasteiger charge is -2.53. The number of carbonyl (C=O) groups excluding carboxylic acids is 1. The lowest BCUT2D eigenvalue weighted by Crippen LogP contribution is -2.62. The Labute approximate surface area is 212 Å². The zero-order valence-corrected chi connectivity index (χ0v) is 20.1. The molecule has 0 bridgehead atoms. The number of benzene rings is 1. The highest BCUT2D eigenvalue weighted by Gasteiger charge is 2.61. The van der Waals surface area contributed by atoms with Crippen LogP contribution in [0.15, 0.2) is 18.2 Å². The molecule has 3 saturated heterocycles. The molecule has 0 aromatic heterocycles. The third-order valence-electron chi connectivity index (χ3n) is 7.20. The third-order valence-corrected chi connectivity index (χ3v) is 7.20. The molecule has 1 spiro atoms. The van der Waals surface area contributed by atoms with Crippen LogP contribution in [0, 0.1) is 5.41 Å². The van der Waals surface area contributed by atoms with Gasteiger partial charge in [0.1, 0.15) is 0 Å². The molecule has 1 amide bonds. The molecule has 1 aromatic rings. The second kappa shape index (κ2) is 10.3. The summed E-state index contributed by atoms with van der Waals surface area (Å²) in [5.41, 5.74) is -0.0146. The van der Waals surface area contributed by atoms with Crippen molar-refractivity contribution >= 4 is 11.8 Å². The molecule has 38 heavy (non-hydrogen) atoms. The number of likely N-dealkylation sites (tertiary alicyclic amines) is 2. The molecule has 3 aliphatic heterocycles. The molecular weight excluding hydrogens is 537 g/mol. The maximum Gasteiger partial charge on any atom is 0.434 e. The van der Waals surface area contributed by atoms with E-state index >= 15 is 0 Å². The molecule has 214 valence electrons. The first-order valence-electron chi connectivity index (χ1n) is 11.9. The fourth-order valence-corrected chi connectivity index (χ4v) is 5.10. The van der Waals surface area contributed by atoms with Crippen molar-refractivity contribution in [1.82, 2.24) is 9.80 Å². The topological polar surface area (TPSA) is 45.2 Å². The van der Waals surface area contributed by atoms with Crippen LogP contribution in [0.4, 0.5) is 50.0 Å². The highest BCUT2D eigenvalue weighted by atomic mass is 19.4. The van der Waals surface area contributed by atoms with Gasteiger partial charge in [-0.1, -0.05) is 6.07 Å².